The summed E-state index contributed by atoms with van der Waals surface area (Å²) >= 11 is 2.97. The van der Waals surface area contributed by atoms with Crippen LogP contribution in [0.5, 0.6) is 0 Å². The second-order valence-electron chi connectivity index (χ2n) is 7.00. The molecule has 142 valence electrons. The number of anilines is 1. The van der Waals surface area contributed by atoms with Crippen molar-refractivity contribution in [2.75, 3.05) is 18.4 Å². The summed E-state index contributed by atoms with van der Waals surface area (Å²) in [5.74, 6) is 0. The first-order chi connectivity index (χ1) is 13.8. The van der Waals surface area contributed by atoms with E-state index in [0.29, 0.717) is 0 Å². The number of nitrogens with zero attached hydrogens (tertiary/aromatic N) is 3. The molecule has 7 heteroatoms. The number of para-hydroxylation sites is 1. The second kappa shape index (κ2) is 7.56. The third-order valence-electron chi connectivity index (χ3n) is 5.08. The Morgan fingerprint density at radius 1 is 1.21 bits per heavy atom. The predicted octanol–water partition coefficient (Wildman–Crippen LogP) is 4.68. The minimum absolute atomic E-state index is 0.0462. The third kappa shape index (κ3) is 3.52. The number of hydrogen-bond donors (Lipinski definition) is 1. The van der Waals surface area contributed by atoms with Crippen LogP contribution in [0.15, 0.2) is 53.5 Å². The molecular weight excluding hydrogens is 388 g/mol. The highest BCUT2D eigenvalue weighted by molar-refractivity contribution is 8.26. The van der Waals surface area contributed by atoms with Gasteiger partial charge in [-0.05, 0) is 60.9 Å². The van der Waals surface area contributed by atoms with Crippen molar-refractivity contribution in [1.82, 2.24) is 9.88 Å². The fourth-order valence-corrected chi connectivity index (χ4v) is 5.64. The Bertz CT molecular complexity index is 1030. The van der Waals surface area contributed by atoms with Gasteiger partial charge in [0.05, 0.1) is 15.9 Å². The maximum absolute atomic E-state index is 12.1. The first kappa shape index (κ1) is 17.7. The number of aliphatic imine (C=N–C) groups is 1. The lowest BCUT2D eigenvalue weighted by atomic mass is 10.1. The van der Waals surface area contributed by atoms with Crippen molar-refractivity contribution in [2.24, 2.45) is 4.99 Å². The summed E-state index contributed by atoms with van der Waals surface area (Å²) in [4.78, 5) is 23.6. The number of rotatable bonds is 5. The highest BCUT2D eigenvalue weighted by Gasteiger charge is 2.40. The number of carbonyl (C=O) groups is 1. The molecule has 0 unspecified atom stereocenters. The van der Waals surface area contributed by atoms with Gasteiger partial charge >= 0.3 is 0 Å². The number of thiazole rings is 1. The highest BCUT2D eigenvalue weighted by atomic mass is 32.2. The van der Waals surface area contributed by atoms with Crippen LogP contribution in [0.4, 0.5) is 10.8 Å². The molecule has 0 spiro atoms. The summed E-state index contributed by atoms with van der Waals surface area (Å²) in [5.41, 5.74) is 3.18. The first-order valence-electron chi connectivity index (χ1n) is 9.52. The van der Waals surface area contributed by atoms with E-state index in [-0.39, 0.29) is 11.2 Å². The van der Waals surface area contributed by atoms with Crippen molar-refractivity contribution in [2.45, 2.75) is 25.3 Å². The van der Waals surface area contributed by atoms with Crippen molar-refractivity contribution in [3.63, 3.8) is 0 Å². The molecule has 1 N–H and O–H groups in total. The molecule has 0 radical (unpaired) electrons. The SMILES string of the molecule is O=C1S/C(=N/c2cccc(CCNc3nc4ccccc4s3)c2)N2CCC[C@@H]12. The highest BCUT2D eigenvalue weighted by Crippen LogP contribution is 2.34. The number of fused-ring (bicyclic) bond motifs is 2. The molecule has 0 bridgehead atoms. The van der Waals surface area contributed by atoms with Gasteiger partial charge in [-0.15, -0.1) is 0 Å². The summed E-state index contributed by atoms with van der Waals surface area (Å²) in [6.45, 7) is 1.76. The first-order valence-corrected chi connectivity index (χ1v) is 11.1. The number of hydrogen-bond acceptors (Lipinski definition) is 6. The van der Waals surface area contributed by atoms with Crippen molar-refractivity contribution in [3.8, 4) is 0 Å². The molecule has 1 aromatic heterocycles. The Morgan fingerprint density at radius 2 is 2.14 bits per heavy atom. The summed E-state index contributed by atoms with van der Waals surface area (Å²) in [6, 6.07) is 16.5. The normalized spacial score (nSPS) is 20.3. The van der Waals surface area contributed by atoms with Crippen LogP contribution in [-0.4, -0.2) is 39.3 Å². The zero-order valence-electron chi connectivity index (χ0n) is 15.3. The van der Waals surface area contributed by atoms with Gasteiger partial charge in [-0.25, -0.2) is 9.98 Å². The molecule has 5 rings (SSSR count). The molecule has 28 heavy (non-hydrogen) atoms. The number of aromatic nitrogens is 1. The summed E-state index contributed by atoms with van der Waals surface area (Å²) in [7, 11) is 0. The van der Waals surface area contributed by atoms with Gasteiger partial charge in [0.1, 0.15) is 6.04 Å². The number of amidine groups is 1. The molecule has 0 aliphatic carbocycles. The molecule has 2 aliphatic rings. The molecule has 0 amide bonds. The van der Waals surface area contributed by atoms with Crippen LogP contribution in [0.25, 0.3) is 10.2 Å². The molecular formula is C21H20N4OS2. The molecule has 2 saturated heterocycles. The van der Waals surface area contributed by atoms with E-state index < -0.39 is 0 Å². The third-order valence-corrected chi connectivity index (χ3v) is 7.06. The standard InChI is InChI=1S/C21H20N4OS2/c26-19-17-8-4-12-25(17)21(28-19)23-15-6-3-5-14(13-15)10-11-22-20-24-16-7-1-2-9-18(16)27-20/h1-3,5-7,9,13,17H,4,8,10-12H2,(H,22,24)/b23-21+/t17-/m0/s1. The van der Waals surface area contributed by atoms with E-state index in [1.165, 1.54) is 22.0 Å². The van der Waals surface area contributed by atoms with Gasteiger partial charge in [-0.2, -0.15) is 0 Å². The maximum atomic E-state index is 12.1. The van der Waals surface area contributed by atoms with Gasteiger partial charge in [-0.3, -0.25) is 4.79 Å². The predicted molar refractivity (Wildman–Crippen MR) is 118 cm³/mol. The van der Waals surface area contributed by atoms with Crippen molar-refractivity contribution in [3.05, 3.63) is 54.1 Å². The van der Waals surface area contributed by atoms with Crippen molar-refractivity contribution < 1.29 is 4.79 Å². The molecule has 1 atom stereocenters. The zero-order valence-corrected chi connectivity index (χ0v) is 16.9. The molecule has 0 saturated carbocycles. The summed E-state index contributed by atoms with van der Waals surface area (Å²) < 4.78 is 1.20. The van der Waals surface area contributed by atoms with E-state index in [4.69, 9.17) is 4.99 Å². The molecule has 5 nitrogen and oxygen atoms in total. The molecule has 2 aromatic carbocycles. The van der Waals surface area contributed by atoms with E-state index in [1.807, 2.05) is 30.3 Å². The van der Waals surface area contributed by atoms with Crippen LogP contribution in [0, 0.1) is 0 Å². The molecule has 2 fully saturated rings. The Kier molecular flexibility index (Phi) is 4.78. The van der Waals surface area contributed by atoms with E-state index >= 15 is 0 Å². The van der Waals surface area contributed by atoms with Crippen LogP contribution in [0.1, 0.15) is 18.4 Å². The molecule has 3 heterocycles. The van der Waals surface area contributed by atoms with Gasteiger partial charge in [0, 0.05) is 13.1 Å². The smallest absolute Gasteiger partial charge is 0.219 e. The Balaban J connectivity index is 1.24. The number of carbonyl (C=O) groups excluding carboxylic acids is 1. The molecule has 2 aliphatic heterocycles. The number of benzene rings is 2. The Morgan fingerprint density at radius 3 is 3.07 bits per heavy atom. The van der Waals surface area contributed by atoms with Gasteiger partial charge < -0.3 is 10.2 Å². The van der Waals surface area contributed by atoms with E-state index in [1.54, 1.807) is 11.3 Å². The van der Waals surface area contributed by atoms with Gasteiger partial charge in [-0.1, -0.05) is 35.6 Å². The number of thioether (sulfide) groups is 1. The van der Waals surface area contributed by atoms with Gasteiger partial charge in [0.15, 0.2) is 10.3 Å². The van der Waals surface area contributed by atoms with Gasteiger partial charge in [0.2, 0.25) is 5.12 Å². The van der Waals surface area contributed by atoms with Crippen LogP contribution in [0.3, 0.4) is 0 Å². The van der Waals surface area contributed by atoms with E-state index in [2.05, 4.69) is 33.4 Å². The van der Waals surface area contributed by atoms with Crippen LogP contribution >= 0.6 is 23.1 Å². The number of nitrogens with one attached hydrogen (secondary N) is 1. The Labute approximate surface area is 171 Å². The van der Waals surface area contributed by atoms with Crippen LogP contribution in [-0.2, 0) is 11.2 Å². The fourth-order valence-electron chi connectivity index (χ4n) is 3.70. The minimum Gasteiger partial charge on any atom is -0.361 e. The van der Waals surface area contributed by atoms with E-state index in [0.717, 1.165) is 53.9 Å². The van der Waals surface area contributed by atoms with Gasteiger partial charge in [0.25, 0.3) is 0 Å². The largest absolute Gasteiger partial charge is 0.361 e. The van der Waals surface area contributed by atoms with Crippen LogP contribution < -0.4 is 5.32 Å². The quantitative estimate of drug-likeness (QED) is 0.664. The average molecular weight is 409 g/mol. The molecule has 3 aromatic rings. The van der Waals surface area contributed by atoms with Crippen molar-refractivity contribution >= 4 is 54.4 Å². The topological polar surface area (TPSA) is 57.6 Å². The van der Waals surface area contributed by atoms with E-state index in [9.17, 15) is 4.79 Å². The summed E-state index contributed by atoms with van der Waals surface area (Å²) in [6.07, 6.45) is 2.93. The fraction of sp³-hybridized carbons (Fsp3) is 0.286. The van der Waals surface area contributed by atoms with Crippen LogP contribution in [0.2, 0.25) is 0 Å². The lowest BCUT2D eigenvalue weighted by Crippen LogP contribution is -2.28. The monoisotopic (exact) mass is 408 g/mol. The summed E-state index contributed by atoms with van der Waals surface area (Å²) in [5, 5.41) is 5.48. The average Bonchev–Trinajstić information content (AvgIpc) is 3.40. The lowest BCUT2D eigenvalue weighted by molar-refractivity contribution is -0.113. The van der Waals surface area contributed by atoms with Crippen molar-refractivity contribution in [1.29, 1.82) is 0 Å². The zero-order chi connectivity index (χ0) is 18.9. The lowest BCUT2D eigenvalue weighted by Gasteiger charge is -2.15. The maximum Gasteiger partial charge on any atom is 0.219 e. The minimum atomic E-state index is 0.0462. The Hall–Kier alpha value is -2.38. The second-order valence-corrected chi connectivity index (χ2v) is 9.00.